The van der Waals surface area contributed by atoms with Gasteiger partial charge in [-0.05, 0) is 16.7 Å². The number of benzene rings is 1. The predicted octanol–water partition coefficient (Wildman–Crippen LogP) is 1.15. The highest BCUT2D eigenvalue weighted by Crippen LogP contribution is 2.28. The molecule has 0 aromatic heterocycles. The molecule has 5 nitrogen and oxygen atoms in total. The summed E-state index contributed by atoms with van der Waals surface area (Å²) >= 11 is 0. The quantitative estimate of drug-likeness (QED) is 0.835. The van der Waals surface area contributed by atoms with E-state index in [4.69, 9.17) is 9.47 Å². The van der Waals surface area contributed by atoms with Gasteiger partial charge in [-0.2, -0.15) is 0 Å². The molecular formula is C15H17NO4. The van der Waals surface area contributed by atoms with Gasteiger partial charge in [0.15, 0.2) is 0 Å². The fraction of sp³-hybridized carbons (Fsp3) is 0.333. The van der Waals surface area contributed by atoms with Gasteiger partial charge >= 0.3 is 11.9 Å². The van der Waals surface area contributed by atoms with Crippen LogP contribution in [0.3, 0.4) is 0 Å². The average Bonchev–Trinajstić information content (AvgIpc) is 2.90. The monoisotopic (exact) mass is 275 g/mol. The topological polar surface area (TPSA) is 64.6 Å². The summed E-state index contributed by atoms with van der Waals surface area (Å²) < 4.78 is 9.48. The highest BCUT2D eigenvalue weighted by molar-refractivity contribution is 5.90. The summed E-state index contributed by atoms with van der Waals surface area (Å²) in [6.07, 6.45) is 0.0769. The summed E-state index contributed by atoms with van der Waals surface area (Å²) in [5.74, 6) is -0.763. The molecular weight excluding hydrogens is 258 g/mol. The minimum Gasteiger partial charge on any atom is -0.469 e. The van der Waals surface area contributed by atoms with Gasteiger partial charge < -0.3 is 9.47 Å². The first-order valence-electron chi connectivity index (χ1n) is 6.32. The van der Waals surface area contributed by atoms with Crippen LogP contribution in [0.5, 0.6) is 0 Å². The molecule has 1 N–H and O–H groups in total. The number of rotatable bonds is 4. The minimum absolute atomic E-state index is 0.0769. The van der Waals surface area contributed by atoms with Gasteiger partial charge in [-0.15, -0.1) is 0 Å². The molecule has 0 unspecified atom stereocenters. The molecule has 0 fully saturated rings. The molecule has 2 rings (SSSR count). The van der Waals surface area contributed by atoms with Gasteiger partial charge in [-0.3, -0.25) is 14.9 Å². The average molecular weight is 275 g/mol. The number of esters is 2. The number of ether oxygens (including phenoxy) is 2. The Hall–Kier alpha value is -2.14. The number of methoxy groups -OCH3 is 2. The Labute approximate surface area is 117 Å². The summed E-state index contributed by atoms with van der Waals surface area (Å²) in [6.45, 7) is 0.524. The summed E-state index contributed by atoms with van der Waals surface area (Å²) in [5.41, 5.74) is 2.66. The summed E-state index contributed by atoms with van der Waals surface area (Å²) in [5, 5.41) is 3.08. The molecule has 1 aliphatic rings. The molecule has 0 saturated heterocycles. The molecule has 0 spiro atoms. The highest BCUT2D eigenvalue weighted by Gasteiger charge is 2.33. The second-order valence-electron chi connectivity index (χ2n) is 4.46. The van der Waals surface area contributed by atoms with E-state index in [0.717, 1.165) is 16.7 Å². The molecule has 0 bridgehead atoms. The van der Waals surface area contributed by atoms with Crippen molar-refractivity contribution in [2.24, 2.45) is 0 Å². The van der Waals surface area contributed by atoms with Crippen LogP contribution >= 0.6 is 0 Å². The Morgan fingerprint density at radius 3 is 2.50 bits per heavy atom. The van der Waals surface area contributed by atoms with Crippen molar-refractivity contribution < 1.29 is 19.1 Å². The molecule has 1 heterocycles. The number of carbonyl (C=O) groups excluding carboxylic acids is 2. The number of nitrogens with one attached hydrogen (secondary N) is 1. The molecule has 0 amide bonds. The van der Waals surface area contributed by atoms with Crippen LogP contribution in [-0.2, 0) is 19.1 Å². The number of carbonyl (C=O) groups is 2. The zero-order chi connectivity index (χ0) is 14.5. The van der Waals surface area contributed by atoms with E-state index in [0.29, 0.717) is 6.54 Å². The van der Waals surface area contributed by atoms with Crippen molar-refractivity contribution in [2.75, 3.05) is 20.8 Å². The van der Waals surface area contributed by atoms with Crippen molar-refractivity contribution in [1.82, 2.24) is 5.32 Å². The van der Waals surface area contributed by atoms with E-state index in [1.807, 2.05) is 30.3 Å². The van der Waals surface area contributed by atoms with Gasteiger partial charge in [0.1, 0.15) is 6.04 Å². The molecule has 1 aromatic carbocycles. The SMILES string of the molecule is COC(=O)CC1=C(c2ccccc2)CN[C@@H]1C(=O)OC. The van der Waals surface area contributed by atoms with E-state index in [1.54, 1.807) is 0 Å². The van der Waals surface area contributed by atoms with Crippen molar-refractivity contribution in [3.05, 3.63) is 41.5 Å². The van der Waals surface area contributed by atoms with Gasteiger partial charge in [0.05, 0.1) is 20.6 Å². The molecule has 5 heteroatoms. The van der Waals surface area contributed by atoms with E-state index in [-0.39, 0.29) is 12.4 Å². The Morgan fingerprint density at radius 2 is 1.90 bits per heavy atom. The maximum Gasteiger partial charge on any atom is 0.327 e. The van der Waals surface area contributed by atoms with Crippen molar-refractivity contribution in [1.29, 1.82) is 0 Å². The zero-order valence-electron chi connectivity index (χ0n) is 11.5. The Morgan fingerprint density at radius 1 is 1.20 bits per heavy atom. The number of hydrogen-bond donors (Lipinski definition) is 1. The normalized spacial score (nSPS) is 18.0. The van der Waals surface area contributed by atoms with Crippen LogP contribution in [0, 0.1) is 0 Å². The lowest BCUT2D eigenvalue weighted by molar-refractivity contribution is -0.142. The second-order valence-corrected chi connectivity index (χ2v) is 4.46. The lowest BCUT2D eigenvalue weighted by Gasteiger charge is -2.13. The first kappa shape index (κ1) is 14.3. The Kier molecular flexibility index (Phi) is 4.53. The molecule has 1 aromatic rings. The minimum atomic E-state index is -0.589. The van der Waals surface area contributed by atoms with Crippen molar-refractivity contribution in [2.45, 2.75) is 12.5 Å². The van der Waals surface area contributed by atoms with Crippen LogP contribution in [0.4, 0.5) is 0 Å². The molecule has 1 atom stereocenters. The molecule has 0 aliphatic carbocycles. The molecule has 0 radical (unpaired) electrons. The third-order valence-corrected chi connectivity index (χ3v) is 3.34. The Bertz CT molecular complexity index is 536. The second kappa shape index (κ2) is 6.34. The highest BCUT2D eigenvalue weighted by atomic mass is 16.5. The molecule has 0 saturated carbocycles. The van der Waals surface area contributed by atoms with E-state index >= 15 is 0 Å². The van der Waals surface area contributed by atoms with Crippen molar-refractivity contribution in [3.8, 4) is 0 Å². The first-order chi connectivity index (χ1) is 9.67. The third kappa shape index (κ3) is 2.88. The van der Waals surface area contributed by atoms with Gasteiger partial charge in [-0.1, -0.05) is 30.3 Å². The summed E-state index contributed by atoms with van der Waals surface area (Å²) in [4.78, 5) is 23.4. The standard InChI is InChI=1S/C15H17NO4/c1-19-13(17)8-11-12(10-6-4-3-5-7-10)9-16-14(11)15(18)20-2/h3-7,14,16H,8-9H2,1-2H3/t14-/m0/s1. The van der Waals surface area contributed by atoms with Gasteiger partial charge in [0.2, 0.25) is 0 Å². The van der Waals surface area contributed by atoms with Gasteiger partial charge in [0, 0.05) is 6.54 Å². The summed E-state index contributed by atoms with van der Waals surface area (Å²) in [6, 6.07) is 9.08. The maximum atomic E-state index is 11.8. The van der Waals surface area contributed by atoms with E-state index in [1.165, 1.54) is 14.2 Å². The smallest absolute Gasteiger partial charge is 0.327 e. The molecule has 1 aliphatic heterocycles. The molecule has 20 heavy (non-hydrogen) atoms. The van der Waals surface area contributed by atoms with E-state index < -0.39 is 12.0 Å². The van der Waals surface area contributed by atoms with Crippen LogP contribution < -0.4 is 5.32 Å². The zero-order valence-corrected chi connectivity index (χ0v) is 11.5. The third-order valence-electron chi connectivity index (χ3n) is 3.34. The largest absolute Gasteiger partial charge is 0.469 e. The fourth-order valence-corrected chi connectivity index (χ4v) is 2.32. The van der Waals surface area contributed by atoms with Gasteiger partial charge in [0.25, 0.3) is 0 Å². The Balaban J connectivity index is 2.38. The lowest BCUT2D eigenvalue weighted by atomic mass is 9.96. The van der Waals surface area contributed by atoms with Crippen molar-refractivity contribution >= 4 is 17.5 Å². The lowest BCUT2D eigenvalue weighted by Crippen LogP contribution is -2.35. The van der Waals surface area contributed by atoms with Crippen LogP contribution in [0.15, 0.2) is 35.9 Å². The van der Waals surface area contributed by atoms with Gasteiger partial charge in [-0.25, -0.2) is 0 Å². The van der Waals surface area contributed by atoms with E-state index in [9.17, 15) is 9.59 Å². The molecule has 106 valence electrons. The van der Waals surface area contributed by atoms with Crippen molar-refractivity contribution in [3.63, 3.8) is 0 Å². The van der Waals surface area contributed by atoms with Crippen LogP contribution in [0.25, 0.3) is 5.57 Å². The number of hydrogen-bond acceptors (Lipinski definition) is 5. The van der Waals surface area contributed by atoms with E-state index in [2.05, 4.69) is 5.32 Å². The predicted molar refractivity (Wildman–Crippen MR) is 73.8 cm³/mol. The fourth-order valence-electron chi connectivity index (χ4n) is 2.32. The van der Waals surface area contributed by atoms with Crippen LogP contribution in [0.2, 0.25) is 0 Å². The van der Waals surface area contributed by atoms with Crippen LogP contribution in [-0.4, -0.2) is 38.7 Å². The maximum absolute atomic E-state index is 11.8. The van der Waals surface area contributed by atoms with Crippen LogP contribution in [0.1, 0.15) is 12.0 Å². The first-order valence-corrected chi connectivity index (χ1v) is 6.32. The summed E-state index contributed by atoms with van der Waals surface area (Å²) in [7, 11) is 2.67.